The first-order valence-corrected chi connectivity index (χ1v) is 15.8. The molecule has 44 heavy (non-hydrogen) atoms. The van der Waals surface area contributed by atoms with Gasteiger partial charge in [-0.25, -0.2) is 19.2 Å². The van der Waals surface area contributed by atoms with E-state index < -0.39 is 33.7 Å². The summed E-state index contributed by atoms with van der Waals surface area (Å²) < 4.78 is 12.2. The maximum Gasteiger partial charge on any atom is 0.337 e. The predicted octanol–water partition coefficient (Wildman–Crippen LogP) is 2.86. The maximum absolute atomic E-state index is 13.4. The van der Waals surface area contributed by atoms with Crippen LogP contribution in [0.5, 0.6) is 0 Å². The van der Waals surface area contributed by atoms with Crippen LogP contribution in [0.4, 0.5) is 0 Å². The first-order chi connectivity index (χ1) is 21.2. The molecule has 0 aromatic carbocycles. The van der Waals surface area contributed by atoms with Gasteiger partial charge in [-0.2, -0.15) is 0 Å². The molecule has 3 atom stereocenters. The molecule has 0 saturated heterocycles. The van der Waals surface area contributed by atoms with Crippen LogP contribution < -0.4 is 33.7 Å². The third kappa shape index (κ3) is 4.57. The number of fused-ring (bicyclic) bond motifs is 2. The highest BCUT2D eigenvalue weighted by molar-refractivity contribution is 5.76. The standard InChI is InChI=1S/C32H34N4O8/c37-20-11-17(23-26(39)33-30(41)35-28(23)43-20)7-8-19-22(16-3-1-2-4-16)25(19)36-29-24(27(40)34-31(36)42)18(12-21(38)44-29)6-5-15-13-32(14-15)9-10-32/h11-12,15-16,19,22,25H,1-10,13-14H2,(H,34,40,42)(H2,33,35,39,41)/t19-,22?,25?/m0/s1. The lowest BCUT2D eigenvalue weighted by molar-refractivity contribution is 0.159. The van der Waals surface area contributed by atoms with Crippen molar-refractivity contribution in [1.82, 2.24) is 19.5 Å². The second-order valence-corrected chi connectivity index (χ2v) is 13.7. The third-order valence-corrected chi connectivity index (χ3v) is 11.0. The van der Waals surface area contributed by atoms with Gasteiger partial charge >= 0.3 is 22.6 Å². The van der Waals surface area contributed by atoms with Crippen LogP contribution in [0.25, 0.3) is 22.2 Å². The molecule has 4 heterocycles. The normalized spacial score (nSPS) is 24.3. The molecule has 4 saturated carbocycles. The average Bonchev–Trinajstić information content (AvgIpc) is 3.82. The fourth-order valence-corrected chi connectivity index (χ4v) is 8.81. The molecule has 0 bridgehead atoms. The van der Waals surface area contributed by atoms with Crippen LogP contribution in [0, 0.1) is 29.1 Å². The topological polar surface area (TPSA) is 181 Å². The van der Waals surface area contributed by atoms with E-state index in [9.17, 15) is 28.8 Å². The molecule has 0 radical (unpaired) electrons. The summed E-state index contributed by atoms with van der Waals surface area (Å²) in [5, 5.41) is 0.378. The van der Waals surface area contributed by atoms with E-state index in [0.29, 0.717) is 47.6 Å². The van der Waals surface area contributed by atoms with Crippen LogP contribution in [0.2, 0.25) is 0 Å². The van der Waals surface area contributed by atoms with Gasteiger partial charge in [0.25, 0.3) is 11.1 Å². The van der Waals surface area contributed by atoms with Crippen LogP contribution in [0.1, 0.15) is 81.4 Å². The Morgan fingerprint density at radius 2 is 1.45 bits per heavy atom. The average molecular weight is 603 g/mol. The van der Waals surface area contributed by atoms with Crippen LogP contribution in [0.15, 0.2) is 49.7 Å². The first kappa shape index (κ1) is 27.3. The SMILES string of the molecule is O=c1[nH]c(=O)c2c(CC[C@H]3C(C4CCCC4)C3n3c(=O)[nH]c(=O)c4c(CCC5CC6(CC6)C5)cc(=O)oc43)cc(=O)oc2[nH]1. The number of aromatic amines is 3. The zero-order chi connectivity index (χ0) is 30.3. The highest BCUT2D eigenvalue weighted by Crippen LogP contribution is 2.64. The minimum absolute atomic E-state index is 0.0206. The highest BCUT2D eigenvalue weighted by atomic mass is 16.4. The summed E-state index contributed by atoms with van der Waals surface area (Å²) in [5.41, 5.74) is -2.33. The van der Waals surface area contributed by atoms with E-state index in [2.05, 4.69) is 15.0 Å². The predicted molar refractivity (Wildman–Crippen MR) is 160 cm³/mol. The van der Waals surface area contributed by atoms with E-state index >= 15 is 0 Å². The Morgan fingerprint density at radius 3 is 2.18 bits per heavy atom. The molecule has 12 heteroatoms. The molecule has 0 aliphatic heterocycles. The summed E-state index contributed by atoms with van der Waals surface area (Å²) in [4.78, 5) is 83.2. The van der Waals surface area contributed by atoms with Gasteiger partial charge in [0, 0.05) is 18.2 Å². The fourth-order valence-electron chi connectivity index (χ4n) is 8.81. The molecule has 4 aromatic heterocycles. The molecule has 4 aliphatic carbocycles. The van der Waals surface area contributed by atoms with Crippen molar-refractivity contribution in [2.24, 2.45) is 29.1 Å². The van der Waals surface area contributed by atoms with Gasteiger partial charge < -0.3 is 8.83 Å². The Kier molecular flexibility index (Phi) is 6.15. The first-order valence-electron chi connectivity index (χ1n) is 15.8. The number of aryl methyl sites for hydroxylation is 2. The van der Waals surface area contributed by atoms with E-state index in [4.69, 9.17) is 8.83 Å². The number of nitrogens with one attached hydrogen (secondary N) is 3. The number of rotatable bonds is 8. The van der Waals surface area contributed by atoms with Crippen LogP contribution in [-0.4, -0.2) is 19.5 Å². The quantitative estimate of drug-likeness (QED) is 0.275. The van der Waals surface area contributed by atoms with Crippen LogP contribution in [-0.2, 0) is 12.8 Å². The zero-order valence-electron chi connectivity index (χ0n) is 24.2. The molecule has 1 spiro atoms. The van der Waals surface area contributed by atoms with E-state index in [1.807, 2.05) is 0 Å². The highest BCUT2D eigenvalue weighted by Gasteiger charge is 2.56. The minimum Gasteiger partial charge on any atom is -0.405 e. The number of H-pyrrole nitrogens is 3. The van der Waals surface area contributed by atoms with Gasteiger partial charge in [0.2, 0.25) is 11.4 Å². The van der Waals surface area contributed by atoms with Gasteiger partial charge in [-0.1, -0.05) is 25.7 Å². The summed E-state index contributed by atoms with van der Waals surface area (Å²) in [6, 6.07) is 2.34. The Labute approximate surface area is 248 Å². The second kappa shape index (κ2) is 9.90. The molecule has 2 unspecified atom stereocenters. The Balaban J connectivity index is 1.15. The number of hydrogen-bond acceptors (Lipinski definition) is 8. The van der Waals surface area contributed by atoms with Gasteiger partial charge in [-0.15, -0.1) is 0 Å². The van der Waals surface area contributed by atoms with Crippen molar-refractivity contribution < 1.29 is 8.83 Å². The van der Waals surface area contributed by atoms with E-state index in [1.54, 1.807) is 0 Å². The maximum atomic E-state index is 13.4. The summed E-state index contributed by atoms with van der Waals surface area (Å²) >= 11 is 0. The van der Waals surface area contributed by atoms with Crippen LogP contribution >= 0.6 is 0 Å². The van der Waals surface area contributed by atoms with Crippen molar-refractivity contribution in [3.63, 3.8) is 0 Å². The van der Waals surface area contributed by atoms with Gasteiger partial charge in [0.05, 0.1) is 0 Å². The number of nitrogens with zero attached hydrogens (tertiary/aromatic N) is 1. The second-order valence-electron chi connectivity index (χ2n) is 13.7. The molecular weight excluding hydrogens is 568 g/mol. The Morgan fingerprint density at radius 1 is 0.795 bits per heavy atom. The van der Waals surface area contributed by atoms with E-state index in [0.717, 1.165) is 32.1 Å². The fraction of sp³-hybridized carbons (Fsp3) is 0.562. The van der Waals surface area contributed by atoms with Crippen LogP contribution in [0.3, 0.4) is 0 Å². The van der Waals surface area contributed by atoms with Gasteiger partial charge in [0.1, 0.15) is 10.8 Å². The lowest BCUT2D eigenvalue weighted by atomic mass is 9.69. The largest absolute Gasteiger partial charge is 0.405 e. The molecule has 8 rings (SSSR count). The molecule has 3 N–H and O–H groups in total. The Hall–Kier alpha value is -4.22. The third-order valence-electron chi connectivity index (χ3n) is 11.0. The molecule has 12 nitrogen and oxygen atoms in total. The molecule has 0 amide bonds. The summed E-state index contributed by atoms with van der Waals surface area (Å²) in [6.45, 7) is 0. The molecule has 230 valence electrons. The molecule has 4 fully saturated rings. The van der Waals surface area contributed by atoms with E-state index in [-0.39, 0.29) is 40.1 Å². The minimum atomic E-state index is -0.768. The van der Waals surface area contributed by atoms with E-state index in [1.165, 1.54) is 42.4 Å². The lowest BCUT2D eigenvalue weighted by Gasteiger charge is -2.36. The summed E-state index contributed by atoms with van der Waals surface area (Å²) in [6.07, 6.45) is 11.6. The van der Waals surface area contributed by atoms with Gasteiger partial charge in [-0.3, -0.25) is 29.1 Å². The lowest BCUT2D eigenvalue weighted by Crippen LogP contribution is -2.32. The number of aromatic nitrogens is 4. The zero-order valence-corrected chi connectivity index (χ0v) is 24.2. The smallest absolute Gasteiger partial charge is 0.337 e. The van der Waals surface area contributed by atoms with Gasteiger partial charge in [0.15, 0.2) is 0 Å². The van der Waals surface area contributed by atoms with Crippen molar-refractivity contribution >= 4 is 22.2 Å². The number of hydrogen-bond donors (Lipinski definition) is 3. The molecule has 4 aromatic rings. The van der Waals surface area contributed by atoms with Crippen molar-refractivity contribution in [2.45, 2.75) is 83.1 Å². The Bertz CT molecular complexity index is 2160. The van der Waals surface area contributed by atoms with Crippen molar-refractivity contribution in [2.75, 3.05) is 0 Å². The van der Waals surface area contributed by atoms with Crippen molar-refractivity contribution in [3.8, 4) is 0 Å². The van der Waals surface area contributed by atoms with Crippen molar-refractivity contribution in [1.29, 1.82) is 0 Å². The monoisotopic (exact) mass is 602 g/mol. The van der Waals surface area contributed by atoms with Gasteiger partial charge in [-0.05, 0) is 91.6 Å². The van der Waals surface area contributed by atoms with Crippen molar-refractivity contribution in [3.05, 3.63) is 85.8 Å². The molecule has 4 aliphatic rings. The summed E-state index contributed by atoms with van der Waals surface area (Å²) in [7, 11) is 0. The molecular formula is C32H34N4O8. The summed E-state index contributed by atoms with van der Waals surface area (Å²) in [5.74, 6) is 1.03.